The summed E-state index contributed by atoms with van der Waals surface area (Å²) in [5.74, 6) is -4.70. The fourth-order valence-corrected chi connectivity index (χ4v) is 9.85. The van der Waals surface area contributed by atoms with E-state index in [-0.39, 0.29) is 24.2 Å². The number of esters is 3. The van der Waals surface area contributed by atoms with E-state index in [0.29, 0.717) is 11.1 Å². The Labute approximate surface area is 357 Å². The van der Waals surface area contributed by atoms with E-state index < -0.39 is 112 Å². The van der Waals surface area contributed by atoms with Gasteiger partial charge >= 0.3 is 24.0 Å². The van der Waals surface area contributed by atoms with Gasteiger partial charge in [0.15, 0.2) is 17.5 Å². The van der Waals surface area contributed by atoms with Crippen molar-refractivity contribution in [1.29, 1.82) is 0 Å². The van der Waals surface area contributed by atoms with Gasteiger partial charge in [0.25, 0.3) is 0 Å². The van der Waals surface area contributed by atoms with Crippen LogP contribution in [-0.2, 0) is 52.3 Å². The third kappa shape index (κ3) is 8.47. The second-order valence-electron chi connectivity index (χ2n) is 18.0. The van der Waals surface area contributed by atoms with Crippen LogP contribution in [-0.4, -0.2) is 114 Å². The number of carbonyl (C=O) groups is 5. The van der Waals surface area contributed by atoms with Crippen LogP contribution in [0.3, 0.4) is 0 Å². The van der Waals surface area contributed by atoms with E-state index in [4.69, 9.17) is 33.2 Å². The third-order valence-electron chi connectivity index (χ3n) is 12.9. The number of amides is 1. The van der Waals surface area contributed by atoms with Gasteiger partial charge in [-0.05, 0) is 64.3 Å². The largest absolute Gasteiger partial charge is 0.456 e. The zero-order valence-electron chi connectivity index (χ0n) is 36.9. The number of aliphatic hydroxyl groups excluding tert-OH is 1. The van der Waals surface area contributed by atoms with E-state index in [1.165, 1.54) is 27.2 Å². The second-order valence-corrected chi connectivity index (χ2v) is 18.0. The summed E-state index contributed by atoms with van der Waals surface area (Å²) >= 11 is 0. The predicted octanol–water partition coefficient (Wildman–Crippen LogP) is 4.94. The highest BCUT2D eigenvalue weighted by molar-refractivity contribution is 5.94. The van der Waals surface area contributed by atoms with Crippen molar-refractivity contribution in [3.63, 3.8) is 0 Å². The lowest BCUT2D eigenvalue weighted by atomic mass is 9.44. The van der Waals surface area contributed by atoms with Gasteiger partial charge in [-0.3, -0.25) is 9.59 Å². The third-order valence-corrected chi connectivity index (χ3v) is 12.9. The van der Waals surface area contributed by atoms with Crippen molar-refractivity contribution in [3.05, 3.63) is 83.5 Å². The number of benzene rings is 1. The molecule has 1 aromatic carbocycles. The number of Topliss-reactive ketones (excluding diaryl/α,β-unsaturated/α-hetero) is 1. The number of rotatable bonds is 12. The average molecular weight is 852 g/mol. The van der Waals surface area contributed by atoms with Gasteiger partial charge in [0.05, 0.1) is 35.7 Å². The first-order valence-electron chi connectivity index (χ1n) is 20.4. The molecule has 1 amide bonds. The molecule has 15 heteroatoms. The van der Waals surface area contributed by atoms with Gasteiger partial charge in [-0.15, -0.1) is 0 Å². The molecule has 1 aromatic rings. The van der Waals surface area contributed by atoms with Gasteiger partial charge in [-0.2, -0.15) is 0 Å². The minimum atomic E-state index is -2.25. The molecule has 11 atom stereocenters. The summed E-state index contributed by atoms with van der Waals surface area (Å²) in [6.07, 6.45) is -3.03. The standard InChI is InChI=1S/C46H61NO14/c1-13-14-16-19-25(2)39(51)59-38-36-44(10,30(55-11)22-31-45(36,24-57-31)60-27(4)48)37(50)35(56-12)32-26(3)29(23-46(38,54)43(32,8)9)58-40(52)34(49)33(28-20-17-15-18-21-28)47-41(53)61-42(5,6)7/h13-21,29-31,33-36,38,49,54H,2,22-24H2,1,3-12H3,(H,47,53)/b14-13-,19-16-/t29-,30-,31+,33-,34+,35+,36-,38-,44+,45-,46+/m0/s1. The fraction of sp³-hybridized carbons (Fsp3) is 0.587. The molecular formula is C46H61NO14. The van der Waals surface area contributed by atoms with Gasteiger partial charge in [0, 0.05) is 39.4 Å². The highest BCUT2D eigenvalue weighted by atomic mass is 16.6. The number of ketones is 1. The molecule has 334 valence electrons. The predicted molar refractivity (Wildman–Crippen MR) is 221 cm³/mol. The normalized spacial score (nSPS) is 32.9. The molecule has 0 spiro atoms. The molecule has 3 fully saturated rings. The number of carbonyl (C=O) groups excluding carboxylic acids is 5. The lowest BCUT2D eigenvalue weighted by molar-refractivity contribution is -0.348. The number of nitrogens with one attached hydrogen (secondary N) is 1. The summed E-state index contributed by atoms with van der Waals surface area (Å²) in [5, 5.41) is 28.0. The van der Waals surface area contributed by atoms with Gasteiger partial charge in [-0.1, -0.05) is 69.0 Å². The number of ether oxygens (including phenoxy) is 7. The van der Waals surface area contributed by atoms with Gasteiger partial charge in [0.2, 0.25) is 0 Å². The van der Waals surface area contributed by atoms with Crippen molar-refractivity contribution in [2.24, 2.45) is 16.7 Å². The Hall–Kier alpha value is -4.67. The average Bonchev–Trinajstić information content (AvgIpc) is 3.17. The Morgan fingerprint density at radius 1 is 1.03 bits per heavy atom. The van der Waals surface area contributed by atoms with E-state index in [2.05, 4.69) is 11.9 Å². The summed E-state index contributed by atoms with van der Waals surface area (Å²) in [5.41, 5.74) is -7.10. The zero-order chi connectivity index (χ0) is 45.5. The molecule has 2 saturated carbocycles. The van der Waals surface area contributed by atoms with Crippen LogP contribution in [0.2, 0.25) is 0 Å². The molecule has 0 radical (unpaired) electrons. The summed E-state index contributed by atoms with van der Waals surface area (Å²) in [4.78, 5) is 70.0. The van der Waals surface area contributed by atoms with Crippen LogP contribution < -0.4 is 5.32 Å². The zero-order valence-corrected chi connectivity index (χ0v) is 36.9. The molecule has 61 heavy (non-hydrogen) atoms. The van der Waals surface area contributed by atoms with Crippen LogP contribution in [0.25, 0.3) is 0 Å². The monoisotopic (exact) mass is 851 g/mol. The van der Waals surface area contributed by atoms with Crippen LogP contribution in [0.1, 0.15) is 86.8 Å². The molecule has 1 saturated heterocycles. The highest BCUT2D eigenvalue weighted by Gasteiger charge is 2.78. The molecular weight excluding hydrogens is 790 g/mol. The van der Waals surface area contributed by atoms with Gasteiger partial charge < -0.3 is 48.7 Å². The first-order chi connectivity index (χ1) is 28.4. The molecule has 0 aromatic heterocycles. The van der Waals surface area contributed by atoms with E-state index >= 15 is 4.79 Å². The highest BCUT2D eigenvalue weighted by Crippen LogP contribution is 2.64. The van der Waals surface area contributed by atoms with Crippen LogP contribution in [0, 0.1) is 16.7 Å². The maximum Gasteiger partial charge on any atom is 0.408 e. The topological polar surface area (TPSA) is 202 Å². The smallest absolute Gasteiger partial charge is 0.408 e. The van der Waals surface area contributed by atoms with Gasteiger partial charge in [0.1, 0.15) is 35.6 Å². The molecule has 3 N–H and O–H groups in total. The Morgan fingerprint density at radius 3 is 2.23 bits per heavy atom. The molecule has 5 rings (SSSR count). The van der Waals surface area contributed by atoms with Crippen molar-refractivity contribution in [2.45, 2.75) is 135 Å². The Bertz CT molecular complexity index is 1980. The molecule has 2 bridgehead atoms. The molecule has 0 unspecified atom stereocenters. The number of methoxy groups -OCH3 is 2. The number of aliphatic hydroxyl groups is 2. The first kappa shape index (κ1) is 47.4. The molecule has 3 aliphatic carbocycles. The van der Waals surface area contributed by atoms with Crippen LogP contribution >= 0.6 is 0 Å². The summed E-state index contributed by atoms with van der Waals surface area (Å²) in [7, 11) is 2.77. The quantitative estimate of drug-likeness (QED) is 0.0839. The SMILES string of the molecule is C=C(/C=C\C=C/C)C(=O)O[C@H]1[C@@H]2[C@]3(OC(C)=O)CO[C@@H]3C[C@H](OC)[C@@]2(C)C(=O)[C@H](OC)C2=C(C)[C@@H](OC(=O)[C@H](O)[C@@H](NC(=O)OC(C)(C)C)c3ccccc3)C[C@]1(O)C2(C)C. The van der Waals surface area contributed by atoms with Gasteiger partial charge in [-0.25, -0.2) is 14.4 Å². The number of hydrogen-bond donors (Lipinski definition) is 3. The van der Waals surface area contributed by atoms with Crippen molar-refractivity contribution >= 4 is 29.8 Å². The van der Waals surface area contributed by atoms with Crippen molar-refractivity contribution in [2.75, 3.05) is 20.8 Å². The number of hydrogen-bond acceptors (Lipinski definition) is 14. The Balaban J connectivity index is 1.71. The number of alkyl carbamates (subject to hydrolysis) is 1. The molecule has 4 aliphatic rings. The van der Waals surface area contributed by atoms with Crippen LogP contribution in [0.15, 0.2) is 77.9 Å². The van der Waals surface area contributed by atoms with E-state index in [1.807, 2.05) is 0 Å². The van der Waals surface area contributed by atoms with Crippen molar-refractivity contribution in [3.8, 4) is 0 Å². The summed E-state index contributed by atoms with van der Waals surface area (Å²) < 4.78 is 42.2. The van der Waals surface area contributed by atoms with Crippen LogP contribution in [0.5, 0.6) is 0 Å². The van der Waals surface area contributed by atoms with Crippen molar-refractivity contribution in [1.82, 2.24) is 5.32 Å². The van der Waals surface area contributed by atoms with E-state index in [1.54, 1.807) is 104 Å². The maximum atomic E-state index is 15.5. The Morgan fingerprint density at radius 2 is 1.69 bits per heavy atom. The number of allylic oxidation sites excluding steroid dienone is 3. The summed E-state index contributed by atoms with van der Waals surface area (Å²) in [6.45, 7) is 18.3. The van der Waals surface area contributed by atoms with Crippen molar-refractivity contribution < 1.29 is 67.3 Å². The fourth-order valence-electron chi connectivity index (χ4n) is 9.85. The molecule has 15 nitrogen and oxygen atoms in total. The molecule has 1 aliphatic heterocycles. The van der Waals surface area contributed by atoms with E-state index in [9.17, 15) is 29.4 Å². The molecule has 1 heterocycles. The lowest BCUT2D eigenvalue weighted by Crippen LogP contribution is -2.82. The second kappa shape index (κ2) is 17.6. The summed E-state index contributed by atoms with van der Waals surface area (Å²) in [6, 6.07) is 6.93. The first-order valence-corrected chi connectivity index (χ1v) is 20.4. The Kier molecular flexibility index (Phi) is 13.7. The minimum Gasteiger partial charge on any atom is -0.456 e. The van der Waals surface area contributed by atoms with Crippen LogP contribution in [0.4, 0.5) is 4.79 Å². The number of fused-ring (bicyclic) bond motifs is 5. The minimum absolute atomic E-state index is 0.0929. The maximum absolute atomic E-state index is 15.5. The van der Waals surface area contributed by atoms with E-state index in [0.717, 1.165) is 0 Å². The lowest BCUT2D eigenvalue weighted by Gasteiger charge is -2.67.